The van der Waals surface area contributed by atoms with Crippen molar-refractivity contribution in [2.75, 3.05) is 24.3 Å². The van der Waals surface area contributed by atoms with Crippen molar-refractivity contribution in [3.05, 3.63) is 59.7 Å². The van der Waals surface area contributed by atoms with Crippen LogP contribution in [0.3, 0.4) is 0 Å². The predicted octanol–water partition coefficient (Wildman–Crippen LogP) is 5.21. The molecule has 160 valence electrons. The highest BCUT2D eigenvalue weighted by Gasteiger charge is 2.21. The van der Waals surface area contributed by atoms with Crippen molar-refractivity contribution < 1.29 is 9.21 Å². The Kier molecular flexibility index (Phi) is 5.27. The molecule has 0 atom stereocenters. The van der Waals surface area contributed by atoms with Crippen molar-refractivity contribution in [1.82, 2.24) is 14.8 Å². The van der Waals surface area contributed by atoms with Gasteiger partial charge in [0.05, 0.1) is 34.2 Å². The zero-order valence-electron chi connectivity index (χ0n) is 18.7. The van der Waals surface area contributed by atoms with E-state index in [1.807, 2.05) is 87.8 Å². The van der Waals surface area contributed by atoms with E-state index in [2.05, 4.69) is 10.4 Å². The number of benzene rings is 1. The van der Waals surface area contributed by atoms with E-state index in [1.54, 1.807) is 6.20 Å². The summed E-state index contributed by atoms with van der Waals surface area (Å²) in [5, 5.41) is 8.28. The Labute approximate surface area is 181 Å². The molecular weight excluding hydrogens is 390 g/mol. The van der Waals surface area contributed by atoms with Crippen molar-refractivity contribution in [3.63, 3.8) is 0 Å². The highest BCUT2D eigenvalue weighted by molar-refractivity contribution is 6.13. The lowest BCUT2D eigenvalue weighted by Crippen LogP contribution is -2.17. The number of carbonyl (C=O) groups is 1. The number of fused-ring (bicyclic) bond motifs is 1. The minimum absolute atomic E-state index is 0.109. The molecule has 3 heterocycles. The van der Waals surface area contributed by atoms with Crippen molar-refractivity contribution in [2.24, 2.45) is 0 Å². The quantitative estimate of drug-likeness (QED) is 0.482. The van der Waals surface area contributed by atoms with Crippen LogP contribution >= 0.6 is 0 Å². The SMILES string of the molecule is Cc1cc(-c2cc(C(=O)Nc3ccccc3N(C)C)c3cnn(C(C)C)c3n2)c(C)o1. The van der Waals surface area contributed by atoms with Crippen LogP contribution in [-0.4, -0.2) is 34.8 Å². The number of aryl methyl sites for hydroxylation is 2. The van der Waals surface area contributed by atoms with E-state index in [9.17, 15) is 4.79 Å². The highest BCUT2D eigenvalue weighted by atomic mass is 16.3. The summed E-state index contributed by atoms with van der Waals surface area (Å²) < 4.78 is 7.55. The van der Waals surface area contributed by atoms with Crippen molar-refractivity contribution in [1.29, 1.82) is 0 Å². The van der Waals surface area contributed by atoms with Crippen molar-refractivity contribution in [3.8, 4) is 11.3 Å². The third-order valence-corrected chi connectivity index (χ3v) is 5.25. The van der Waals surface area contributed by atoms with Gasteiger partial charge in [-0.3, -0.25) is 4.79 Å². The molecule has 0 aliphatic rings. The zero-order valence-corrected chi connectivity index (χ0v) is 18.7. The second-order valence-corrected chi connectivity index (χ2v) is 8.17. The van der Waals surface area contributed by atoms with Crippen molar-refractivity contribution >= 4 is 28.3 Å². The fraction of sp³-hybridized carbons (Fsp3) is 0.292. The minimum Gasteiger partial charge on any atom is -0.466 e. The van der Waals surface area contributed by atoms with Crippen LogP contribution in [-0.2, 0) is 0 Å². The summed E-state index contributed by atoms with van der Waals surface area (Å²) in [4.78, 5) is 20.3. The molecule has 0 unspecified atom stereocenters. The van der Waals surface area contributed by atoms with Gasteiger partial charge in [0, 0.05) is 25.7 Å². The van der Waals surface area contributed by atoms with Crippen LogP contribution in [0.25, 0.3) is 22.3 Å². The van der Waals surface area contributed by atoms with Crippen LogP contribution in [0, 0.1) is 13.8 Å². The Morgan fingerprint density at radius 1 is 1.16 bits per heavy atom. The number of furan rings is 1. The number of rotatable bonds is 5. The molecule has 31 heavy (non-hydrogen) atoms. The third kappa shape index (κ3) is 3.79. The van der Waals surface area contributed by atoms with E-state index >= 15 is 0 Å². The van der Waals surface area contributed by atoms with E-state index in [-0.39, 0.29) is 11.9 Å². The highest BCUT2D eigenvalue weighted by Crippen LogP contribution is 2.31. The number of hydrogen-bond acceptors (Lipinski definition) is 5. The topological polar surface area (TPSA) is 76.2 Å². The number of carbonyl (C=O) groups excluding carboxylic acids is 1. The summed E-state index contributed by atoms with van der Waals surface area (Å²) in [6.07, 6.45) is 1.71. The van der Waals surface area contributed by atoms with Gasteiger partial charge in [-0.2, -0.15) is 5.10 Å². The first-order valence-corrected chi connectivity index (χ1v) is 10.3. The number of hydrogen-bond donors (Lipinski definition) is 1. The maximum Gasteiger partial charge on any atom is 0.256 e. The molecule has 7 heteroatoms. The van der Waals surface area contributed by atoms with Gasteiger partial charge in [0.1, 0.15) is 11.5 Å². The summed E-state index contributed by atoms with van der Waals surface area (Å²) in [7, 11) is 3.90. The Morgan fingerprint density at radius 3 is 2.55 bits per heavy atom. The molecule has 1 amide bonds. The molecule has 0 radical (unpaired) electrons. The molecule has 0 aliphatic heterocycles. The lowest BCUT2D eigenvalue weighted by molar-refractivity contribution is 0.102. The number of pyridine rings is 1. The van der Waals surface area contributed by atoms with Gasteiger partial charge < -0.3 is 14.6 Å². The average Bonchev–Trinajstić information content (AvgIpc) is 3.29. The Bertz CT molecular complexity index is 1270. The predicted molar refractivity (Wildman–Crippen MR) is 124 cm³/mol. The molecule has 7 nitrogen and oxygen atoms in total. The number of anilines is 2. The van der Waals surface area contributed by atoms with Gasteiger partial charge in [0.25, 0.3) is 5.91 Å². The lowest BCUT2D eigenvalue weighted by Gasteiger charge is -2.18. The molecule has 4 aromatic rings. The van der Waals surface area contributed by atoms with E-state index in [1.165, 1.54) is 0 Å². The van der Waals surface area contributed by atoms with Gasteiger partial charge in [-0.05, 0) is 52.0 Å². The second-order valence-electron chi connectivity index (χ2n) is 8.17. The van der Waals surface area contributed by atoms with Crippen molar-refractivity contribution in [2.45, 2.75) is 33.7 Å². The van der Waals surface area contributed by atoms with Crippen LogP contribution in [0.1, 0.15) is 41.8 Å². The fourth-order valence-corrected chi connectivity index (χ4v) is 3.77. The number of nitrogens with zero attached hydrogens (tertiary/aromatic N) is 4. The number of para-hydroxylation sites is 2. The van der Waals surface area contributed by atoms with Crippen LogP contribution in [0.15, 0.2) is 47.0 Å². The summed E-state index contributed by atoms with van der Waals surface area (Å²) in [6, 6.07) is 11.6. The lowest BCUT2D eigenvalue weighted by atomic mass is 10.1. The Balaban J connectivity index is 1.87. The molecule has 3 aromatic heterocycles. The summed E-state index contributed by atoms with van der Waals surface area (Å²) in [5.41, 5.74) is 4.45. The standard InChI is InChI=1S/C24H27N5O2/c1-14(2)29-23-19(13-25-29)18(12-21(26-23)17-11-15(3)31-16(17)4)24(30)27-20-9-7-8-10-22(20)28(5)6/h7-14H,1-6H3,(H,27,30). The third-order valence-electron chi connectivity index (χ3n) is 5.25. The van der Waals surface area contributed by atoms with Gasteiger partial charge in [0.15, 0.2) is 5.65 Å². The summed E-state index contributed by atoms with van der Waals surface area (Å²) in [6.45, 7) is 7.89. The van der Waals surface area contributed by atoms with Gasteiger partial charge in [-0.15, -0.1) is 0 Å². The Morgan fingerprint density at radius 2 is 1.90 bits per heavy atom. The zero-order chi connectivity index (χ0) is 22.3. The fourth-order valence-electron chi connectivity index (χ4n) is 3.77. The van der Waals surface area contributed by atoms with E-state index in [4.69, 9.17) is 9.40 Å². The van der Waals surface area contributed by atoms with E-state index in [0.717, 1.165) is 33.8 Å². The number of aromatic nitrogens is 3. The van der Waals surface area contributed by atoms with Crippen LogP contribution in [0.5, 0.6) is 0 Å². The molecule has 0 spiro atoms. The average molecular weight is 418 g/mol. The number of amides is 1. The monoisotopic (exact) mass is 417 g/mol. The summed E-state index contributed by atoms with van der Waals surface area (Å²) in [5.74, 6) is 1.37. The minimum atomic E-state index is -0.205. The van der Waals surface area contributed by atoms with E-state index < -0.39 is 0 Å². The molecule has 4 rings (SSSR count). The molecule has 0 bridgehead atoms. The summed E-state index contributed by atoms with van der Waals surface area (Å²) >= 11 is 0. The van der Waals surface area contributed by atoms with Crippen LogP contribution in [0.4, 0.5) is 11.4 Å². The maximum atomic E-state index is 13.4. The molecule has 0 aliphatic carbocycles. The van der Waals surface area contributed by atoms with Gasteiger partial charge in [-0.25, -0.2) is 9.67 Å². The molecule has 0 saturated carbocycles. The molecule has 0 saturated heterocycles. The first kappa shape index (κ1) is 20.7. The number of nitrogens with one attached hydrogen (secondary N) is 1. The van der Waals surface area contributed by atoms with Crippen LogP contribution in [0.2, 0.25) is 0 Å². The van der Waals surface area contributed by atoms with Gasteiger partial charge >= 0.3 is 0 Å². The molecule has 1 N–H and O–H groups in total. The molecule has 0 fully saturated rings. The van der Waals surface area contributed by atoms with E-state index in [0.29, 0.717) is 16.9 Å². The molecule has 1 aromatic carbocycles. The van der Waals surface area contributed by atoms with Gasteiger partial charge in [0.2, 0.25) is 0 Å². The first-order valence-electron chi connectivity index (χ1n) is 10.3. The largest absolute Gasteiger partial charge is 0.466 e. The Hall–Kier alpha value is -3.61. The second kappa shape index (κ2) is 7.91. The maximum absolute atomic E-state index is 13.4. The van der Waals surface area contributed by atoms with Crippen LogP contribution < -0.4 is 10.2 Å². The normalized spacial score (nSPS) is 11.3. The first-order chi connectivity index (χ1) is 14.8. The molecular formula is C24H27N5O2. The smallest absolute Gasteiger partial charge is 0.256 e. The van der Waals surface area contributed by atoms with Gasteiger partial charge in [-0.1, -0.05) is 12.1 Å².